The van der Waals surface area contributed by atoms with Crippen LogP contribution < -0.4 is 0 Å². The second-order valence-corrected chi connectivity index (χ2v) is 7.59. The molecule has 0 heterocycles. The molecule has 2 nitrogen and oxygen atoms in total. The summed E-state index contributed by atoms with van der Waals surface area (Å²) >= 11 is 0. The minimum absolute atomic E-state index is 0.301. The number of rotatable bonds is 5. The maximum absolute atomic E-state index is 10.7. The van der Waals surface area contributed by atoms with Crippen molar-refractivity contribution in [3.05, 3.63) is 64.8 Å². The third-order valence-corrected chi connectivity index (χ3v) is 5.36. The molecule has 0 atom stereocenters. The van der Waals surface area contributed by atoms with E-state index in [4.69, 9.17) is 5.11 Å². The van der Waals surface area contributed by atoms with Gasteiger partial charge in [-0.2, -0.15) is 0 Å². The van der Waals surface area contributed by atoms with Gasteiger partial charge in [0.25, 0.3) is 0 Å². The molecule has 0 bridgehead atoms. The molecule has 1 aliphatic rings. The van der Waals surface area contributed by atoms with Gasteiger partial charge in [0.15, 0.2) is 0 Å². The molecule has 0 amide bonds. The van der Waals surface area contributed by atoms with Crippen LogP contribution in [0.3, 0.4) is 0 Å². The number of hydrogen-bond donors (Lipinski definition) is 1. The van der Waals surface area contributed by atoms with Crippen LogP contribution in [0.1, 0.15) is 69.6 Å². The first-order chi connectivity index (χ1) is 11.8. The van der Waals surface area contributed by atoms with E-state index in [0.29, 0.717) is 5.41 Å². The fourth-order valence-corrected chi connectivity index (χ4v) is 3.80. The first-order valence-electron chi connectivity index (χ1n) is 9.19. The molecular formula is C23H30O2. The monoisotopic (exact) mass is 338 g/mol. The number of aryl methyl sites for hydroxylation is 1. The predicted octanol–water partition coefficient (Wildman–Crippen LogP) is 6.21. The molecule has 134 valence electrons. The quantitative estimate of drug-likeness (QED) is 0.512. The van der Waals surface area contributed by atoms with E-state index >= 15 is 0 Å². The number of carboxylic acids is 1. The van der Waals surface area contributed by atoms with Crippen LogP contribution in [0.25, 0.3) is 5.57 Å². The second kappa shape index (κ2) is 8.33. The summed E-state index contributed by atoms with van der Waals surface area (Å²) in [7, 11) is 0. The molecule has 1 fully saturated rings. The molecule has 2 heteroatoms. The molecule has 0 unspecified atom stereocenters. The Morgan fingerprint density at radius 2 is 1.84 bits per heavy atom. The first kappa shape index (κ1) is 19.2. The fraction of sp³-hybridized carbons (Fsp3) is 0.435. The molecule has 0 spiro atoms. The van der Waals surface area contributed by atoms with Gasteiger partial charge in [0.1, 0.15) is 0 Å². The lowest BCUT2D eigenvalue weighted by Crippen LogP contribution is -2.26. The number of aliphatic carboxylic acids is 1. The summed E-state index contributed by atoms with van der Waals surface area (Å²) in [6, 6.07) is 6.78. The second-order valence-electron chi connectivity index (χ2n) is 7.59. The van der Waals surface area contributed by atoms with Crippen LogP contribution in [-0.4, -0.2) is 11.1 Å². The van der Waals surface area contributed by atoms with Gasteiger partial charge >= 0.3 is 5.97 Å². The topological polar surface area (TPSA) is 37.3 Å². The van der Waals surface area contributed by atoms with Crippen molar-refractivity contribution in [3.8, 4) is 0 Å². The highest BCUT2D eigenvalue weighted by molar-refractivity contribution is 5.81. The molecule has 1 saturated carbocycles. The van der Waals surface area contributed by atoms with Gasteiger partial charge in [-0.25, -0.2) is 4.79 Å². The highest BCUT2D eigenvalue weighted by atomic mass is 16.4. The van der Waals surface area contributed by atoms with Crippen LogP contribution in [0, 0.1) is 6.92 Å². The highest BCUT2D eigenvalue weighted by Gasteiger charge is 2.30. The van der Waals surface area contributed by atoms with E-state index in [1.165, 1.54) is 60.4 Å². The van der Waals surface area contributed by atoms with E-state index < -0.39 is 5.97 Å². The first-order valence-corrected chi connectivity index (χ1v) is 9.19. The van der Waals surface area contributed by atoms with Gasteiger partial charge in [-0.05, 0) is 66.9 Å². The Morgan fingerprint density at radius 1 is 1.16 bits per heavy atom. The van der Waals surface area contributed by atoms with Crippen molar-refractivity contribution in [3.63, 3.8) is 0 Å². The van der Waals surface area contributed by atoms with Gasteiger partial charge in [0.05, 0.1) is 0 Å². The van der Waals surface area contributed by atoms with Crippen molar-refractivity contribution in [1.82, 2.24) is 0 Å². The third-order valence-electron chi connectivity index (χ3n) is 5.36. The minimum Gasteiger partial charge on any atom is -0.478 e. The summed E-state index contributed by atoms with van der Waals surface area (Å²) in [5.41, 5.74) is 6.35. The lowest BCUT2D eigenvalue weighted by atomic mass is 9.69. The van der Waals surface area contributed by atoms with Gasteiger partial charge in [-0.1, -0.05) is 62.6 Å². The Hall–Kier alpha value is -2.09. The summed E-state index contributed by atoms with van der Waals surface area (Å²) in [6.07, 6.45) is 13.6. The van der Waals surface area contributed by atoms with Crippen LogP contribution in [0.5, 0.6) is 0 Å². The maximum atomic E-state index is 10.7. The number of hydrogen-bond acceptors (Lipinski definition) is 1. The summed E-state index contributed by atoms with van der Waals surface area (Å²) in [5.74, 6) is -0.910. The molecule has 2 rings (SSSR count). The van der Waals surface area contributed by atoms with Crippen LogP contribution >= 0.6 is 0 Å². The predicted molar refractivity (Wildman–Crippen MR) is 106 cm³/mol. The number of allylic oxidation sites excluding steroid dienone is 5. The molecule has 1 aromatic carbocycles. The number of carbonyl (C=O) groups is 1. The van der Waals surface area contributed by atoms with Gasteiger partial charge < -0.3 is 5.11 Å². The van der Waals surface area contributed by atoms with E-state index in [-0.39, 0.29) is 0 Å². The van der Waals surface area contributed by atoms with E-state index in [2.05, 4.69) is 45.0 Å². The molecular weight excluding hydrogens is 308 g/mol. The zero-order valence-corrected chi connectivity index (χ0v) is 15.9. The molecule has 1 aliphatic carbocycles. The number of benzene rings is 1. The Kier molecular flexibility index (Phi) is 6.41. The Labute approximate surface area is 152 Å². The molecule has 0 aromatic heterocycles. The number of carboxylic acid groups (broad SMARTS) is 1. The van der Waals surface area contributed by atoms with Crippen molar-refractivity contribution in [2.45, 2.75) is 65.2 Å². The molecule has 0 aliphatic heterocycles. The summed E-state index contributed by atoms with van der Waals surface area (Å²) in [6.45, 7) is 8.54. The van der Waals surface area contributed by atoms with Crippen LogP contribution in [0.2, 0.25) is 0 Å². The van der Waals surface area contributed by atoms with E-state index in [1.54, 1.807) is 6.92 Å². The maximum Gasteiger partial charge on any atom is 0.328 e. The van der Waals surface area contributed by atoms with Crippen LogP contribution in [0.15, 0.2) is 48.1 Å². The van der Waals surface area contributed by atoms with Crippen LogP contribution in [-0.2, 0) is 10.2 Å². The Morgan fingerprint density at radius 3 is 2.48 bits per heavy atom. The van der Waals surface area contributed by atoms with Crippen LogP contribution in [0.4, 0.5) is 0 Å². The zero-order valence-electron chi connectivity index (χ0n) is 15.9. The van der Waals surface area contributed by atoms with Gasteiger partial charge in [0, 0.05) is 6.08 Å². The molecule has 0 saturated heterocycles. The SMILES string of the molecule is CC(=C/C(=O)O)/C=C/C=C(/C)c1ccc(C)c(C2(C)CCCCC2)c1. The zero-order chi connectivity index (χ0) is 18.4. The van der Waals surface area contributed by atoms with Crippen molar-refractivity contribution >= 4 is 11.5 Å². The van der Waals surface area contributed by atoms with Crippen molar-refractivity contribution in [2.24, 2.45) is 0 Å². The Balaban J connectivity index is 2.25. The Bertz CT molecular complexity index is 714. The molecule has 1 N–H and O–H groups in total. The molecule has 25 heavy (non-hydrogen) atoms. The normalized spacial score (nSPS) is 18.6. The molecule has 1 aromatic rings. The molecule has 0 radical (unpaired) electrons. The van der Waals surface area contributed by atoms with Crippen molar-refractivity contribution < 1.29 is 9.90 Å². The van der Waals surface area contributed by atoms with Gasteiger partial charge in [0.2, 0.25) is 0 Å². The summed E-state index contributed by atoms with van der Waals surface area (Å²) in [5, 5.41) is 8.75. The smallest absolute Gasteiger partial charge is 0.328 e. The third kappa shape index (κ3) is 5.19. The van der Waals surface area contributed by atoms with Crippen molar-refractivity contribution in [2.75, 3.05) is 0 Å². The lowest BCUT2D eigenvalue weighted by Gasteiger charge is -2.35. The highest BCUT2D eigenvalue weighted by Crippen LogP contribution is 2.41. The summed E-state index contributed by atoms with van der Waals surface area (Å²) in [4.78, 5) is 10.7. The average Bonchev–Trinajstić information content (AvgIpc) is 2.55. The van der Waals surface area contributed by atoms with E-state index in [9.17, 15) is 4.79 Å². The minimum atomic E-state index is -0.910. The van der Waals surface area contributed by atoms with E-state index in [1.807, 2.05) is 12.2 Å². The van der Waals surface area contributed by atoms with Crippen molar-refractivity contribution in [1.29, 1.82) is 0 Å². The van der Waals surface area contributed by atoms with Gasteiger partial charge in [-0.3, -0.25) is 0 Å². The fourth-order valence-electron chi connectivity index (χ4n) is 3.80. The van der Waals surface area contributed by atoms with Gasteiger partial charge in [-0.15, -0.1) is 0 Å². The lowest BCUT2D eigenvalue weighted by molar-refractivity contribution is -0.131. The standard InChI is InChI=1S/C23H30O2/c1-17(15-22(24)25)9-8-10-18(2)20-12-11-19(3)21(16-20)23(4)13-6-5-7-14-23/h8-12,15-16H,5-7,13-14H2,1-4H3,(H,24,25)/b9-8+,17-15-,18-10-. The van der Waals surface area contributed by atoms with E-state index in [0.717, 1.165) is 5.57 Å². The summed E-state index contributed by atoms with van der Waals surface area (Å²) < 4.78 is 0. The largest absolute Gasteiger partial charge is 0.478 e. The average molecular weight is 338 g/mol.